The number of methoxy groups -OCH3 is 1. The molecule has 2 rings (SSSR count). The van der Waals surface area contributed by atoms with Gasteiger partial charge < -0.3 is 10.1 Å². The quantitative estimate of drug-likeness (QED) is 0.785. The fourth-order valence-corrected chi connectivity index (χ4v) is 2.06. The lowest BCUT2D eigenvalue weighted by molar-refractivity contribution is -0.120. The van der Waals surface area contributed by atoms with E-state index in [0.29, 0.717) is 0 Å². The third-order valence-electron chi connectivity index (χ3n) is 2.95. The molecule has 1 heterocycles. The minimum Gasteiger partial charge on any atom is -0.385 e. The van der Waals surface area contributed by atoms with Crippen molar-refractivity contribution < 1.29 is 9.53 Å². The predicted molar refractivity (Wildman–Crippen MR) is 62.2 cm³/mol. The van der Waals surface area contributed by atoms with Crippen molar-refractivity contribution in [3.05, 3.63) is 29.8 Å². The number of rotatable bonds is 4. The number of carbonyl (C=O) groups is 1. The number of anilines is 1. The van der Waals surface area contributed by atoms with Crippen molar-refractivity contribution in [2.75, 3.05) is 19.0 Å². The standard InChI is InChI=1S/C13H16NO2/c1-16-8-4-6-11-9-10-5-2-3-7-12(10)14-13(11)15/h2,5,7,11H,4,6,8-9H2,1H3,(H,14,15). The van der Waals surface area contributed by atoms with Crippen molar-refractivity contribution >= 4 is 11.6 Å². The van der Waals surface area contributed by atoms with Crippen LogP contribution in [0.1, 0.15) is 18.4 Å². The first kappa shape index (κ1) is 11.1. The molecule has 0 fully saturated rings. The number of hydrogen-bond acceptors (Lipinski definition) is 2. The van der Waals surface area contributed by atoms with Gasteiger partial charge in [0, 0.05) is 25.3 Å². The molecule has 1 aromatic rings. The lowest BCUT2D eigenvalue weighted by Gasteiger charge is -2.24. The van der Waals surface area contributed by atoms with Crippen molar-refractivity contribution in [1.29, 1.82) is 0 Å². The van der Waals surface area contributed by atoms with Gasteiger partial charge in [-0.25, -0.2) is 0 Å². The smallest absolute Gasteiger partial charge is 0.227 e. The zero-order valence-electron chi connectivity index (χ0n) is 9.45. The van der Waals surface area contributed by atoms with E-state index in [1.165, 1.54) is 5.56 Å². The van der Waals surface area contributed by atoms with Crippen LogP contribution < -0.4 is 5.32 Å². The molecule has 0 spiro atoms. The van der Waals surface area contributed by atoms with Gasteiger partial charge in [0.15, 0.2) is 0 Å². The third kappa shape index (κ3) is 2.42. The first-order valence-electron chi connectivity index (χ1n) is 5.60. The van der Waals surface area contributed by atoms with Gasteiger partial charge in [-0.3, -0.25) is 4.79 Å². The van der Waals surface area contributed by atoms with Crippen LogP contribution in [0, 0.1) is 12.0 Å². The zero-order valence-corrected chi connectivity index (χ0v) is 9.45. The molecular formula is C13H16NO2. The summed E-state index contributed by atoms with van der Waals surface area (Å²) in [5, 5.41) is 2.93. The molecule has 1 N–H and O–H groups in total. The molecule has 1 aromatic carbocycles. The Hall–Kier alpha value is -1.35. The summed E-state index contributed by atoms with van der Waals surface area (Å²) in [5.74, 6) is 0.216. The van der Waals surface area contributed by atoms with Crippen molar-refractivity contribution in [3.63, 3.8) is 0 Å². The van der Waals surface area contributed by atoms with Gasteiger partial charge in [-0.05, 0) is 37.0 Å². The monoisotopic (exact) mass is 218 g/mol. The molecule has 0 aliphatic carbocycles. The van der Waals surface area contributed by atoms with E-state index in [-0.39, 0.29) is 11.8 Å². The van der Waals surface area contributed by atoms with Crippen LogP contribution >= 0.6 is 0 Å². The van der Waals surface area contributed by atoms with E-state index in [1.807, 2.05) is 18.2 Å². The average Bonchev–Trinajstić information content (AvgIpc) is 2.30. The Kier molecular flexibility index (Phi) is 3.57. The van der Waals surface area contributed by atoms with Gasteiger partial charge in [-0.1, -0.05) is 12.1 Å². The molecule has 1 radical (unpaired) electrons. The van der Waals surface area contributed by atoms with E-state index in [0.717, 1.165) is 31.6 Å². The lowest BCUT2D eigenvalue weighted by atomic mass is 9.90. The van der Waals surface area contributed by atoms with Crippen molar-refractivity contribution in [1.82, 2.24) is 0 Å². The number of fused-ring (bicyclic) bond motifs is 1. The Bertz CT molecular complexity index is 376. The predicted octanol–water partition coefficient (Wildman–Crippen LogP) is 2.02. The van der Waals surface area contributed by atoms with E-state index in [1.54, 1.807) is 7.11 Å². The van der Waals surface area contributed by atoms with Crippen molar-refractivity contribution in [3.8, 4) is 0 Å². The lowest BCUT2D eigenvalue weighted by Crippen LogP contribution is -2.30. The van der Waals surface area contributed by atoms with Crippen LogP contribution in [0.2, 0.25) is 0 Å². The number of hydrogen-bond donors (Lipinski definition) is 1. The highest BCUT2D eigenvalue weighted by Gasteiger charge is 2.24. The average molecular weight is 218 g/mol. The first-order valence-corrected chi connectivity index (χ1v) is 5.60. The Morgan fingerprint density at radius 3 is 3.31 bits per heavy atom. The Balaban J connectivity index is 2.01. The second-order valence-corrected chi connectivity index (χ2v) is 4.11. The van der Waals surface area contributed by atoms with Crippen LogP contribution in [0.5, 0.6) is 0 Å². The molecule has 1 amide bonds. The molecule has 0 bridgehead atoms. The Morgan fingerprint density at radius 1 is 1.62 bits per heavy atom. The summed E-state index contributed by atoms with van der Waals surface area (Å²) in [4.78, 5) is 11.8. The molecule has 0 aromatic heterocycles. The molecule has 0 saturated heterocycles. The van der Waals surface area contributed by atoms with Gasteiger partial charge >= 0.3 is 0 Å². The van der Waals surface area contributed by atoms with Gasteiger partial charge in [-0.15, -0.1) is 0 Å². The summed E-state index contributed by atoms with van der Waals surface area (Å²) in [6, 6.07) is 8.72. The minimum atomic E-state index is 0.0880. The van der Waals surface area contributed by atoms with Gasteiger partial charge in [0.1, 0.15) is 0 Å². The molecule has 85 valence electrons. The Labute approximate surface area is 95.8 Å². The molecule has 1 atom stereocenters. The van der Waals surface area contributed by atoms with Gasteiger partial charge in [0.2, 0.25) is 5.91 Å². The second-order valence-electron chi connectivity index (χ2n) is 4.11. The summed E-state index contributed by atoms with van der Waals surface area (Å²) in [6.07, 6.45) is 2.65. The maximum atomic E-state index is 11.8. The molecule has 1 aliphatic heterocycles. The number of amides is 1. The van der Waals surface area contributed by atoms with E-state index in [4.69, 9.17) is 4.74 Å². The number of carbonyl (C=O) groups excluding carboxylic acids is 1. The van der Waals surface area contributed by atoms with E-state index < -0.39 is 0 Å². The molecule has 3 nitrogen and oxygen atoms in total. The molecule has 16 heavy (non-hydrogen) atoms. The highest BCUT2D eigenvalue weighted by Crippen LogP contribution is 2.27. The molecule has 3 heteroatoms. The van der Waals surface area contributed by atoms with E-state index >= 15 is 0 Å². The molecule has 1 aliphatic rings. The number of nitrogens with one attached hydrogen (secondary N) is 1. The largest absolute Gasteiger partial charge is 0.385 e. The van der Waals surface area contributed by atoms with Crippen LogP contribution in [0.15, 0.2) is 18.2 Å². The first-order chi connectivity index (χ1) is 7.81. The highest BCUT2D eigenvalue weighted by molar-refractivity contribution is 5.95. The van der Waals surface area contributed by atoms with Crippen LogP contribution in [-0.4, -0.2) is 19.6 Å². The zero-order chi connectivity index (χ0) is 11.4. The van der Waals surface area contributed by atoms with Crippen LogP contribution in [0.3, 0.4) is 0 Å². The maximum Gasteiger partial charge on any atom is 0.227 e. The van der Waals surface area contributed by atoms with Gasteiger partial charge in [-0.2, -0.15) is 0 Å². The van der Waals surface area contributed by atoms with Crippen LogP contribution in [0.4, 0.5) is 5.69 Å². The van der Waals surface area contributed by atoms with Gasteiger partial charge in [0.05, 0.1) is 0 Å². The SMILES string of the molecule is COCCCC1Cc2cc[c]cc2NC1=O. The summed E-state index contributed by atoms with van der Waals surface area (Å²) in [5.41, 5.74) is 2.12. The van der Waals surface area contributed by atoms with Gasteiger partial charge in [0.25, 0.3) is 0 Å². The summed E-state index contributed by atoms with van der Waals surface area (Å²) in [7, 11) is 1.69. The molecular weight excluding hydrogens is 202 g/mol. The van der Waals surface area contributed by atoms with Crippen molar-refractivity contribution in [2.24, 2.45) is 5.92 Å². The second kappa shape index (κ2) is 5.12. The molecule has 1 unspecified atom stereocenters. The fraction of sp³-hybridized carbons (Fsp3) is 0.462. The van der Waals surface area contributed by atoms with Crippen LogP contribution in [0.25, 0.3) is 0 Å². The van der Waals surface area contributed by atoms with Crippen LogP contribution in [-0.2, 0) is 16.0 Å². The highest BCUT2D eigenvalue weighted by atomic mass is 16.5. The van der Waals surface area contributed by atoms with E-state index in [9.17, 15) is 4.79 Å². The summed E-state index contributed by atoms with van der Waals surface area (Å²) >= 11 is 0. The normalized spacial score (nSPS) is 19.1. The number of ether oxygens (including phenoxy) is 1. The topological polar surface area (TPSA) is 38.3 Å². The maximum absolute atomic E-state index is 11.8. The minimum absolute atomic E-state index is 0.0880. The fourth-order valence-electron chi connectivity index (χ4n) is 2.06. The number of benzene rings is 1. The summed E-state index contributed by atoms with van der Waals surface area (Å²) < 4.78 is 5.00. The summed E-state index contributed by atoms with van der Waals surface area (Å²) in [6.45, 7) is 0.721. The van der Waals surface area contributed by atoms with E-state index in [2.05, 4.69) is 11.4 Å². The van der Waals surface area contributed by atoms with Crippen molar-refractivity contribution in [2.45, 2.75) is 19.3 Å². The molecule has 0 saturated carbocycles. The Morgan fingerprint density at radius 2 is 2.50 bits per heavy atom. The third-order valence-corrected chi connectivity index (χ3v) is 2.95.